The maximum atomic E-state index is 12.2. The van der Waals surface area contributed by atoms with Crippen LogP contribution in [0.15, 0.2) is 29.6 Å². The van der Waals surface area contributed by atoms with Crippen molar-refractivity contribution in [3.05, 3.63) is 35.3 Å². The largest absolute Gasteiger partial charge is 0.497 e. The summed E-state index contributed by atoms with van der Waals surface area (Å²) in [5, 5.41) is 14.1. The molecule has 0 aliphatic rings. The van der Waals surface area contributed by atoms with Crippen LogP contribution >= 0.6 is 11.3 Å². The first kappa shape index (κ1) is 17.9. The monoisotopic (exact) mass is 348 g/mol. The number of nitrogens with one attached hydrogen (secondary N) is 1. The number of rotatable bonds is 7. The Kier molecular flexibility index (Phi) is 5.92. The van der Waals surface area contributed by atoms with Crippen LogP contribution < -0.4 is 10.1 Å². The Morgan fingerprint density at radius 3 is 2.50 bits per heavy atom. The van der Waals surface area contributed by atoms with E-state index in [0.717, 1.165) is 11.3 Å². The molecule has 0 bridgehead atoms. The van der Waals surface area contributed by atoms with Crippen molar-refractivity contribution in [1.29, 1.82) is 0 Å². The maximum Gasteiger partial charge on any atom is 0.326 e. The number of carbonyl (C=O) groups excluding carboxylic acids is 1. The fraction of sp³-hybridized carbons (Fsp3) is 0.353. The van der Waals surface area contributed by atoms with Gasteiger partial charge in [0.2, 0.25) is 0 Å². The topological polar surface area (TPSA) is 88.5 Å². The van der Waals surface area contributed by atoms with Crippen LogP contribution in [0.5, 0.6) is 5.75 Å². The Balaban J connectivity index is 2.10. The van der Waals surface area contributed by atoms with Gasteiger partial charge in [-0.25, -0.2) is 9.78 Å². The molecule has 0 spiro atoms. The molecule has 1 amide bonds. The number of carboxylic acid groups (broad SMARTS) is 1. The fourth-order valence-corrected chi connectivity index (χ4v) is 2.98. The number of ether oxygens (including phenoxy) is 1. The van der Waals surface area contributed by atoms with Crippen LogP contribution in [-0.2, 0) is 4.79 Å². The first-order valence-corrected chi connectivity index (χ1v) is 8.42. The van der Waals surface area contributed by atoms with Gasteiger partial charge in [0.15, 0.2) is 0 Å². The summed E-state index contributed by atoms with van der Waals surface area (Å²) < 4.78 is 5.11. The molecule has 2 aromatic rings. The number of amides is 1. The number of carbonyl (C=O) groups is 2. The minimum absolute atomic E-state index is 0.164. The predicted molar refractivity (Wildman–Crippen MR) is 92.4 cm³/mol. The third-order valence-corrected chi connectivity index (χ3v) is 4.28. The number of benzene rings is 1. The lowest BCUT2D eigenvalue weighted by Gasteiger charge is -2.15. The summed E-state index contributed by atoms with van der Waals surface area (Å²) in [6.45, 7) is 3.82. The van der Waals surface area contributed by atoms with Gasteiger partial charge in [0.1, 0.15) is 22.5 Å². The highest BCUT2D eigenvalue weighted by atomic mass is 32.1. The second kappa shape index (κ2) is 7.92. The average Bonchev–Trinajstić information content (AvgIpc) is 3.04. The van der Waals surface area contributed by atoms with Crippen LogP contribution in [0.2, 0.25) is 0 Å². The first-order chi connectivity index (χ1) is 11.4. The van der Waals surface area contributed by atoms with Gasteiger partial charge in [0, 0.05) is 10.9 Å². The van der Waals surface area contributed by atoms with Gasteiger partial charge in [0.25, 0.3) is 5.91 Å². The Morgan fingerprint density at radius 2 is 1.96 bits per heavy atom. The summed E-state index contributed by atoms with van der Waals surface area (Å²) in [6, 6.07) is 6.44. The number of aliphatic carboxylic acids is 1. The van der Waals surface area contributed by atoms with E-state index in [4.69, 9.17) is 4.74 Å². The van der Waals surface area contributed by atoms with E-state index in [1.807, 2.05) is 38.1 Å². The van der Waals surface area contributed by atoms with E-state index in [2.05, 4.69) is 10.3 Å². The van der Waals surface area contributed by atoms with E-state index >= 15 is 0 Å². The smallest absolute Gasteiger partial charge is 0.326 e. The van der Waals surface area contributed by atoms with Crippen LogP contribution in [0.3, 0.4) is 0 Å². The zero-order valence-electron chi connectivity index (χ0n) is 13.8. The molecule has 1 aromatic heterocycles. The second-order valence-electron chi connectivity index (χ2n) is 5.76. The number of thiazole rings is 1. The van der Waals surface area contributed by atoms with Gasteiger partial charge in [-0.1, -0.05) is 13.8 Å². The van der Waals surface area contributed by atoms with E-state index in [1.54, 1.807) is 12.5 Å². The van der Waals surface area contributed by atoms with Crippen molar-refractivity contribution in [3.63, 3.8) is 0 Å². The lowest BCUT2D eigenvalue weighted by Crippen LogP contribution is -2.41. The van der Waals surface area contributed by atoms with Crippen molar-refractivity contribution in [2.45, 2.75) is 26.3 Å². The Hall–Kier alpha value is -2.41. The first-order valence-electron chi connectivity index (χ1n) is 7.54. The molecule has 24 heavy (non-hydrogen) atoms. The number of hydrogen-bond acceptors (Lipinski definition) is 5. The molecule has 6 nitrogen and oxygen atoms in total. The molecule has 128 valence electrons. The molecule has 1 aromatic carbocycles. The van der Waals surface area contributed by atoms with Crippen LogP contribution in [0.25, 0.3) is 10.6 Å². The summed E-state index contributed by atoms with van der Waals surface area (Å²) in [5.41, 5.74) is 1.10. The van der Waals surface area contributed by atoms with Gasteiger partial charge >= 0.3 is 5.97 Å². The van der Waals surface area contributed by atoms with Crippen LogP contribution in [0, 0.1) is 5.92 Å². The molecule has 7 heteroatoms. The summed E-state index contributed by atoms with van der Waals surface area (Å²) in [5.74, 6) is -0.607. The molecule has 0 saturated heterocycles. The Bertz CT molecular complexity index is 710. The van der Waals surface area contributed by atoms with Gasteiger partial charge in [0.05, 0.1) is 7.11 Å². The fourth-order valence-electron chi connectivity index (χ4n) is 2.17. The number of nitrogens with zero attached hydrogens (tertiary/aromatic N) is 1. The summed E-state index contributed by atoms with van der Waals surface area (Å²) in [7, 11) is 1.59. The molecular formula is C17H20N2O4S. The van der Waals surface area contributed by atoms with Crippen molar-refractivity contribution >= 4 is 23.2 Å². The molecule has 0 saturated carbocycles. The molecule has 0 aliphatic heterocycles. The normalized spacial score (nSPS) is 12.0. The highest BCUT2D eigenvalue weighted by Crippen LogP contribution is 2.25. The van der Waals surface area contributed by atoms with Crippen LogP contribution in [0.1, 0.15) is 30.8 Å². The summed E-state index contributed by atoms with van der Waals surface area (Å²) in [4.78, 5) is 27.8. The quantitative estimate of drug-likeness (QED) is 0.803. The summed E-state index contributed by atoms with van der Waals surface area (Å²) >= 11 is 1.33. The molecule has 0 unspecified atom stereocenters. The van der Waals surface area contributed by atoms with Gasteiger partial charge < -0.3 is 15.2 Å². The molecule has 2 rings (SSSR count). The zero-order valence-corrected chi connectivity index (χ0v) is 14.6. The summed E-state index contributed by atoms with van der Waals surface area (Å²) in [6.07, 6.45) is 0.372. The van der Waals surface area contributed by atoms with Crippen LogP contribution in [-0.4, -0.2) is 35.1 Å². The molecule has 2 N–H and O–H groups in total. The maximum absolute atomic E-state index is 12.2. The molecule has 0 radical (unpaired) electrons. The third-order valence-electron chi connectivity index (χ3n) is 3.38. The number of aromatic nitrogens is 1. The van der Waals surface area contributed by atoms with Crippen LogP contribution in [0.4, 0.5) is 0 Å². The second-order valence-corrected chi connectivity index (χ2v) is 6.62. The zero-order chi connectivity index (χ0) is 17.7. The van der Waals surface area contributed by atoms with Gasteiger partial charge in [-0.15, -0.1) is 11.3 Å². The molecular weight excluding hydrogens is 328 g/mol. The van der Waals surface area contributed by atoms with E-state index < -0.39 is 17.9 Å². The third kappa shape index (κ3) is 4.55. The number of methoxy groups -OCH3 is 1. The number of carboxylic acids is 1. The van der Waals surface area contributed by atoms with Crippen molar-refractivity contribution in [2.75, 3.05) is 7.11 Å². The Labute approximate surface area is 144 Å². The SMILES string of the molecule is COc1ccc(-c2nc(C(=O)N[C@H](CC(C)C)C(=O)O)cs2)cc1. The molecule has 0 aliphatic carbocycles. The van der Waals surface area contributed by atoms with Crippen molar-refractivity contribution in [3.8, 4) is 16.3 Å². The van der Waals surface area contributed by atoms with Gasteiger partial charge in [-0.05, 0) is 36.6 Å². The van der Waals surface area contributed by atoms with Crippen molar-refractivity contribution < 1.29 is 19.4 Å². The average molecular weight is 348 g/mol. The van der Waals surface area contributed by atoms with Gasteiger partial charge in [-0.3, -0.25) is 4.79 Å². The minimum Gasteiger partial charge on any atom is -0.497 e. The lowest BCUT2D eigenvalue weighted by atomic mass is 10.0. The van der Waals surface area contributed by atoms with E-state index in [9.17, 15) is 14.7 Å². The standard InChI is InChI=1S/C17H20N2O4S/c1-10(2)8-13(17(21)22)18-15(20)14-9-24-16(19-14)11-4-6-12(23-3)7-5-11/h4-7,9-10,13H,8H2,1-3H3,(H,18,20)(H,21,22)/t13-/m1/s1. The highest BCUT2D eigenvalue weighted by molar-refractivity contribution is 7.13. The minimum atomic E-state index is -1.04. The van der Waals surface area contributed by atoms with E-state index in [0.29, 0.717) is 11.4 Å². The van der Waals surface area contributed by atoms with Crippen molar-refractivity contribution in [2.24, 2.45) is 5.92 Å². The molecule has 0 fully saturated rings. The van der Waals surface area contributed by atoms with Gasteiger partial charge in [-0.2, -0.15) is 0 Å². The molecule has 1 heterocycles. The lowest BCUT2D eigenvalue weighted by molar-refractivity contribution is -0.139. The van der Waals surface area contributed by atoms with E-state index in [1.165, 1.54) is 11.3 Å². The highest BCUT2D eigenvalue weighted by Gasteiger charge is 2.23. The van der Waals surface area contributed by atoms with E-state index in [-0.39, 0.29) is 11.6 Å². The predicted octanol–water partition coefficient (Wildman–Crippen LogP) is 3.05. The Morgan fingerprint density at radius 1 is 1.29 bits per heavy atom. The number of hydrogen-bond donors (Lipinski definition) is 2. The molecule has 1 atom stereocenters. The van der Waals surface area contributed by atoms with Crippen molar-refractivity contribution in [1.82, 2.24) is 10.3 Å².